The van der Waals surface area contributed by atoms with Crippen molar-refractivity contribution in [1.29, 1.82) is 0 Å². The van der Waals surface area contributed by atoms with Crippen LogP contribution in [0.5, 0.6) is 11.5 Å². The Bertz CT molecular complexity index is 1530. The molecule has 38 heavy (non-hydrogen) atoms. The maximum atomic E-state index is 14.2. The molecule has 2 N–H and O–H groups in total. The number of hydrogen-bond acceptors (Lipinski definition) is 7. The second-order valence-electron chi connectivity index (χ2n) is 8.72. The van der Waals surface area contributed by atoms with Gasteiger partial charge in [-0.05, 0) is 37.1 Å². The number of methoxy groups -OCH3 is 1. The van der Waals surface area contributed by atoms with Crippen molar-refractivity contribution in [2.45, 2.75) is 32.4 Å². The smallest absolute Gasteiger partial charge is 0.177 e. The molecule has 4 aromatic rings. The molecule has 1 aliphatic rings. The van der Waals surface area contributed by atoms with Crippen molar-refractivity contribution in [1.82, 2.24) is 19.7 Å². The summed E-state index contributed by atoms with van der Waals surface area (Å²) in [6.07, 6.45) is 10.7. The molecule has 0 bridgehead atoms. The van der Waals surface area contributed by atoms with Crippen LogP contribution in [0, 0.1) is 5.82 Å². The number of fused-ring (bicyclic) bond motifs is 1. The highest BCUT2D eigenvalue weighted by Crippen LogP contribution is 2.30. The number of carbonyl (C=O) groups excluding carboxylic acids is 1. The first-order chi connectivity index (χ1) is 18.5. The Morgan fingerprint density at radius 2 is 2.03 bits per heavy atom. The molecule has 10 heteroatoms. The lowest BCUT2D eigenvalue weighted by molar-refractivity contribution is -0.115. The number of ketones is 1. The van der Waals surface area contributed by atoms with E-state index in [2.05, 4.69) is 20.6 Å². The highest BCUT2D eigenvalue weighted by Gasteiger charge is 2.25. The minimum Gasteiger partial charge on any atom is -0.492 e. The molecule has 0 saturated heterocycles. The Morgan fingerprint density at radius 3 is 2.89 bits per heavy atom. The van der Waals surface area contributed by atoms with E-state index in [0.717, 1.165) is 22.5 Å². The van der Waals surface area contributed by atoms with Crippen LogP contribution in [0.3, 0.4) is 0 Å². The van der Waals surface area contributed by atoms with Crippen LogP contribution in [0.4, 0.5) is 10.1 Å². The quantitative estimate of drug-likeness (QED) is 0.292. The number of carbonyl (C=O) groups is 1. The van der Waals surface area contributed by atoms with Crippen LogP contribution in [0.15, 0.2) is 78.7 Å². The van der Waals surface area contributed by atoms with E-state index in [1.54, 1.807) is 30.7 Å². The Labute approximate surface area is 224 Å². The molecule has 8 nitrogen and oxygen atoms in total. The van der Waals surface area contributed by atoms with E-state index < -0.39 is 5.82 Å². The van der Waals surface area contributed by atoms with Crippen LogP contribution in [-0.4, -0.2) is 32.3 Å². The van der Waals surface area contributed by atoms with Gasteiger partial charge in [-0.2, -0.15) is 0 Å². The summed E-state index contributed by atoms with van der Waals surface area (Å²) in [5.74, 6) is 0.0864. The molecule has 0 unspecified atom stereocenters. The lowest BCUT2D eigenvalue weighted by atomic mass is 9.94. The van der Waals surface area contributed by atoms with E-state index in [1.807, 2.05) is 35.0 Å². The maximum absolute atomic E-state index is 14.2. The predicted molar refractivity (Wildman–Crippen MR) is 146 cm³/mol. The van der Waals surface area contributed by atoms with Gasteiger partial charge < -0.3 is 24.5 Å². The van der Waals surface area contributed by atoms with Crippen LogP contribution in [-0.2, 0) is 17.9 Å². The molecular weight excluding hydrogens is 505 g/mol. The van der Waals surface area contributed by atoms with E-state index in [0.29, 0.717) is 49.4 Å². The number of allylic oxidation sites excluding steroid dienone is 1. The summed E-state index contributed by atoms with van der Waals surface area (Å²) in [5.41, 5.74) is 4.17. The normalized spacial score (nSPS) is 13.5. The van der Waals surface area contributed by atoms with Gasteiger partial charge in [0, 0.05) is 54.6 Å². The lowest BCUT2D eigenvalue weighted by Crippen LogP contribution is -2.29. The van der Waals surface area contributed by atoms with Crippen LogP contribution in [0.25, 0.3) is 5.65 Å². The van der Waals surface area contributed by atoms with Crippen LogP contribution < -0.4 is 20.1 Å². The van der Waals surface area contributed by atoms with Gasteiger partial charge in [0.1, 0.15) is 23.0 Å². The average Bonchev–Trinajstić information content (AvgIpc) is 3.41. The van der Waals surface area contributed by atoms with Crippen molar-refractivity contribution in [3.63, 3.8) is 0 Å². The Balaban J connectivity index is 1.33. The van der Waals surface area contributed by atoms with E-state index in [1.165, 1.54) is 13.2 Å². The zero-order valence-electron chi connectivity index (χ0n) is 20.7. The number of halogens is 1. The van der Waals surface area contributed by atoms with Crippen molar-refractivity contribution in [2.24, 2.45) is 0 Å². The summed E-state index contributed by atoms with van der Waals surface area (Å²) in [5, 5.41) is 6.39. The van der Waals surface area contributed by atoms with Gasteiger partial charge in [-0.1, -0.05) is 24.4 Å². The van der Waals surface area contributed by atoms with E-state index in [9.17, 15) is 9.18 Å². The molecule has 1 aromatic carbocycles. The van der Waals surface area contributed by atoms with Crippen molar-refractivity contribution < 1.29 is 18.7 Å². The largest absolute Gasteiger partial charge is 0.492 e. The summed E-state index contributed by atoms with van der Waals surface area (Å²) in [6.45, 7) is 0.736. The number of imidazole rings is 1. The molecule has 0 spiro atoms. The number of aromatic nitrogens is 3. The average molecular weight is 532 g/mol. The number of pyridine rings is 2. The fourth-order valence-corrected chi connectivity index (χ4v) is 4.79. The number of para-hydroxylation sites is 1. The summed E-state index contributed by atoms with van der Waals surface area (Å²) >= 11 is 5.59. The molecule has 0 amide bonds. The number of nitrogens with zero attached hydrogens (tertiary/aromatic N) is 3. The number of Topliss-reactive ketones (excluding diaryl/α,β-unsaturated/α-hetero) is 1. The monoisotopic (exact) mass is 531 g/mol. The maximum Gasteiger partial charge on any atom is 0.177 e. The van der Waals surface area contributed by atoms with E-state index in [4.69, 9.17) is 21.7 Å². The summed E-state index contributed by atoms with van der Waals surface area (Å²) in [7, 11) is 1.38. The first kappa shape index (κ1) is 25.3. The van der Waals surface area contributed by atoms with E-state index >= 15 is 0 Å². The van der Waals surface area contributed by atoms with Crippen LogP contribution in [0.1, 0.15) is 30.4 Å². The second kappa shape index (κ2) is 11.4. The van der Waals surface area contributed by atoms with Gasteiger partial charge in [-0.25, -0.2) is 9.37 Å². The lowest BCUT2D eigenvalue weighted by Gasteiger charge is -2.23. The number of hydrogen-bond donors (Lipinski definition) is 2. The predicted octanol–water partition coefficient (Wildman–Crippen LogP) is 4.99. The highest BCUT2D eigenvalue weighted by atomic mass is 32.1. The zero-order valence-corrected chi connectivity index (χ0v) is 21.6. The SMILES string of the molecule is COc1c(F)cccc1NC(=S)C1=C(NCc2ccncc2OCc2cccn3ccnc23)CCCC1=O. The van der Waals surface area contributed by atoms with E-state index in [-0.39, 0.29) is 16.5 Å². The third kappa shape index (κ3) is 5.35. The molecule has 0 saturated carbocycles. The number of nitrogens with one attached hydrogen (secondary N) is 2. The molecule has 1 aliphatic carbocycles. The number of thiocarbonyl (C=S) groups is 1. The van der Waals surface area contributed by atoms with Crippen molar-refractivity contribution in [3.05, 3.63) is 95.6 Å². The molecule has 0 aliphatic heterocycles. The van der Waals surface area contributed by atoms with Gasteiger partial charge in [0.05, 0.1) is 24.6 Å². The van der Waals surface area contributed by atoms with Gasteiger partial charge in [-0.15, -0.1) is 0 Å². The summed E-state index contributed by atoms with van der Waals surface area (Å²) < 4.78 is 27.4. The van der Waals surface area contributed by atoms with Crippen LogP contribution in [0.2, 0.25) is 0 Å². The summed E-state index contributed by atoms with van der Waals surface area (Å²) in [6, 6.07) is 10.3. The fourth-order valence-electron chi connectivity index (χ4n) is 4.45. The molecule has 5 rings (SSSR count). The molecule has 0 atom stereocenters. The molecule has 0 radical (unpaired) electrons. The highest BCUT2D eigenvalue weighted by molar-refractivity contribution is 7.81. The van der Waals surface area contributed by atoms with Crippen LogP contribution >= 0.6 is 12.2 Å². The third-order valence-corrected chi connectivity index (χ3v) is 6.61. The molecule has 3 heterocycles. The Kier molecular flexibility index (Phi) is 7.60. The standard InChI is InChI=1S/C28H26FN5O3S/c1-36-26-20(29)6-2-8-22(26)33-28(38)25-21(7-3-9-23(25)35)32-15-18-10-11-30-16-24(18)37-17-19-5-4-13-34-14-12-31-27(19)34/h2,4-6,8,10-14,16,32H,3,7,9,15,17H2,1H3,(H,33,38). The molecule has 194 valence electrons. The molecular formula is C28H26FN5O3S. The number of benzene rings is 1. The topological polar surface area (TPSA) is 89.8 Å². The van der Waals surface area contributed by atoms with Gasteiger partial charge in [0.15, 0.2) is 17.3 Å². The van der Waals surface area contributed by atoms with Gasteiger partial charge in [0.25, 0.3) is 0 Å². The van der Waals surface area contributed by atoms with Gasteiger partial charge >= 0.3 is 0 Å². The van der Waals surface area contributed by atoms with Gasteiger partial charge in [-0.3, -0.25) is 9.78 Å². The number of anilines is 1. The Hall–Kier alpha value is -4.31. The number of ether oxygens (including phenoxy) is 2. The zero-order chi connectivity index (χ0) is 26.5. The molecule has 3 aromatic heterocycles. The molecule has 0 fully saturated rings. The fraction of sp³-hybridized carbons (Fsp3) is 0.214. The minimum absolute atomic E-state index is 0.0397. The third-order valence-electron chi connectivity index (χ3n) is 6.30. The number of rotatable bonds is 9. The first-order valence-corrected chi connectivity index (χ1v) is 12.6. The first-order valence-electron chi connectivity index (χ1n) is 12.2. The van der Waals surface area contributed by atoms with Crippen molar-refractivity contribution >= 4 is 34.3 Å². The second-order valence-corrected chi connectivity index (χ2v) is 9.13. The van der Waals surface area contributed by atoms with Crippen molar-refractivity contribution in [2.75, 3.05) is 12.4 Å². The minimum atomic E-state index is -0.517. The van der Waals surface area contributed by atoms with Gasteiger partial charge in [0.2, 0.25) is 0 Å². The van der Waals surface area contributed by atoms with Crippen molar-refractivity contribution in [3.8, 4) is 11.5 Å². The summed E-state index contributed by atoms with van der Waals surface area (Å²) in [4.78, 5) is 21.7. The Morgan fingerprint density at radius 1 is 1.13 bits per heavy atom.